The fraction of sp³-hybridized carbons (Fsp3) is 0.0625. The van der Waals surface area contributed by atoms with Gasteiger partial charge in [-0.3, -0.25) is 4.79 Å². The smallest absolute Gasteiger partial charge is 0.268 e. The summed E-state index contributed by atoms with van der Waals surface area (Å²) in [5.74, 6) is -0.470. The van der Waals surface area contributed by atoms with Gasteiger partial charge >= 0.3 is 5.69 Å². The highest BCUT2D eigenvalue weighted by Crippen LogP contribution is 2.20. The molecule has 0 aliphatic rings. The van der Waals surface area contributed by atoms with Crippen molar-refractivity contribution in [3.05, 3.63) is 68.7 Å². The normalized spacial score (nSPS) is 10.9. The molecule has 0 unspecified atom stereocenters. The van der Waals surface area contributed by atoms with Crippen LogP contribution in [-0.4, -0.2) is 20.0 Å². The zero-order valence-electron chi connectivity index (χ0n) is 12.1. The van der Waals surface area contributed by atoms with Gasteiger partial charge in [-0.1, -0.05) is 24.2 Å². The van der Waals surface area contributed by atoms with E-state index in [0.29, 0.717) is 31.9 Å². The van der Waals surface area contributed by atoms with E-state index in [1.165, 1.54) is 10.6 Å². The van der Waals surface area contributed by atoms with Crippen molar-refractivity contribution in [2.75, 3.05) is 0 Å². The molecule has 0 saturated heterocycles. The third-order valence-electron chi connectivity index (χ3n) is 3.31. The summed E-state index contributed by atoms with van der Waals surface area (Å²) in [6, 6.07) is 8.12. The molecule has 1 aromatic carbocycles. The Morgan fingerprint density at radius 1 is 1.30 bits per heavy atom. The van der Waals surface area contributed by atoms with Crippen molar-refractivity contribution in [2.45, 2.75) is 6.92 Å². The second kappa shape index (κ2) is 5.79. The number of carbonyl (C=O) groups excluding carboxylic acids is 1. The molecule has 0 fully saturated rings. The van der Waals surface area contributed by atoms with Gasteiger partial charge in [-0.05, 0) is 47.1 Å². The highest BCUT2D eigenvalue weighted by molar-refractivity contribution is 9.10. The van der Waals surface area contributed by atoms with Crippen LogP contribution in [-0.2, 0) is 0 Å². The van der Waals surface area contributed by atoms with E-state index in [2.05, 4.69) is 27.5 Å². The zero-order valence-corrected chi connectivity index (χ0v) is 14.4. The molecule has 0 radical (unpaired) electrons. The number of nitrogens with zero attached hydrogens (tertiary/aromatic N) is 3. The van der Waals surface area contributed by atoms with Crippen LogP contribution in [0, 0.1) is 0 Å². The first-order valence-electron chi connectivity index (χ1n) is 6.65. The van der Waals surface area contributed by atoms with Crippen molar-refractivity contribution in [1.29, 1.82) is 0 Å². The number of hydrogen-bond acceptors (Lipinski definition) is 3. The monoisotopic (exact) mass is 391 g/mol. The number of carbonyl (C=O) groups is 1. The number of pyridine rings is 1. The molecule has 0 aliphatic carbocycles. The zero-order chi connectivity index (χ0) is 16.7. The van der Waals surface area contributed by atoms with E-state index in [-0.39, 0.29) is 0 Å². The lowest BCUT2D eigenvalue weighted by Gasteiger charge is -2.02. The molecule has 0 bridgehead atoms. The number of allylic oxidation sites excluding steroid dienone is 1. The second-order valence-corrected chi connectivity index (χ2v) is 6.35. The van der Waals surface area contributed by atoms with Gasteiger partial charge < -0.3 is 0 Å². The summed E-state index contributed by atoms with van der Waals surface area (Å²) >= 11 is 9.25. The highest BCUT2D eigenvalue weighted by atomic mass is 79.9. The van der Waals surface area contributed by atoms with E-state index in [1.807, 2.05) is 0 Å². The molecule has 3 rings (SSSR count). The van der Waals surface area contributed by atoms with Crippen LogP contribution in [0.5, 0.6) is 0 Å². The van der Waals surface area contributed by atoms with Crippen LogP contribution in [0.3, 0.4) is 0 Å². The van der Waals surface area contributed by atoms with Crippen LogP contribution in [0.25, 0.3) is 16.9 Å². The largest absolute Gasteiger partial charge is 0.341 e. The van der Waals surface area contributed by atoms with E-state index in [0.717, 1.165) is 4.57 Å². The minimum Gasteiger partial charge on any atom is -0.268 e. The van der Waals surface area contributed by atoms with Crippen molar-refractivity contribution < 1.29 is 4.79 Å². The number of halogens is 2. The molecule has 5 nitrogen and oxygen atoms in total. The lowest BCUT2D eigenvalue weighted by Crippen LogP contribution is -2.28. The Kier molecular flexibility index (Phi) is 3.95. The van der Waals surface area contributed by atoms with Crippen LogP contribution in [0.1, 0.15) is 17.3 Å². The summed E-state index contributed by atoms with van der Waals surface area (Å²) in [6.07, 6.45) is 1.56. The molecule has 2 heterocycles. The van der Waals surface area contributed by atoms with Gasteiger partial charge in [-0.2, -0.15) is 0 Å². The number of hydrogen-bond donors (Lipinski definition) is 0. The summed E-state index contributed by atoms with van der Waals surface area (Å²) < 4.78 is 3.05. The lowest BCUT2D eigenvalue weighted by atomic mass is 10.2. The van der Waals surface area contributed by atoms with Gasteiger partial charge in [0.2, 0.25) is 0 Å². The van der Waals surface area contributed by atoms with Gasteiger partial charge in [0.1, 0.15) is 0 Å². The number of imidazole rings is 1. The maximum atomic E-state index is 12.8. The van der Waals surface area contributed by atoms with Crippen molar-refractivity contribution in [2.24, 2.45) is 0 Å². The standard InChI is InChI=1S/C16H11BrClN3O2/c1-9(2)20-14-13(7-11(17)8-19-14)21(16(20)23)15(22)10-4-3-5-12(18)6-10/h3-8H,1H2,2H3. The van der Waals surface area contributed by atoms with Crippen LogP contribution in [0.4, 0.5) is 0 Å². The molecule has 23 heavy (non-hydrogen) atoms. The lowest BCUT2D eigenvalue weighted by molar-refractivity contribution is 0.0960. The highest BCUT2D eigenvalue weighted by Gasteiger charge is 2.21. The summed E-state index contributed by atoms with van der Waals surface area (Å²) in [4.78, 5) is 29.7. The second-order valence-electron chi connectivity index (χ2n) is 5.00. The molecule has 116 valence electrons. The third-order valence-corrected chi connectivity index (χ3v) is 3.97. The fourth-order valence-electron chi connectivity index (χ4n) is 2.34. The van der Waals surface area contributed by atoms with Crippen LogP contribution >= 0.6 is 27.5 Å². The average molecular weight is 393 g/mol. The number of aromatic nitrogens is 3. The van der Waals surface area contributed by atoms with E-state index in [1.54, 1.807) is 37.4 Å². The van der Waals surface area contributed by atoms with E-state index >= 15 is 0 Å². The van der Waals surface area contributed by atoms with Gasteiger partial charge in [0, 0.05) is 27.0 Å². The number of fused-ring (bicyclic) bond motifs is 1. The molecule has 0 amide bonds. The average Bonchev–Trinajstić information content (AvgIpc) is 2.77. The van der Waals surface area contributed by atoms with Crippen LogP contribution in [0.2, 0.25) is 5.02 Å². The minimum absolute atomic E-state index is 0.320. The Morgan fingerprint density at radius 3 is 2.70 bits per heavy atom. The topological polar surface area (TPSA) is 56.9 Å². The Morgan fingerprint density at radius 2 is 2.04 bits per heavy atom. The summed E-state index contributed by atoms with van der Waals surface area (Å²) in [5, 5.41) is 0.423. The fourth-order valence-corrected chi connectivity index (χ4v) is 2.85. The van der Waals surface area contributed by atoms with Crippen molar-refractivity contribution in [3.8, 4) is 0 Å². The maximum absolute atomic E-state index is 12.8. The van der Waals surface area contributed by atoms with Gasteiger partial charge in [-0.25, -0.2) is 18.9 Å². The molecule has 0 aliphatic heterocycles. The molecular weight excluding hydrogens is 382 g/mol. The molecule has 7 heteroatoms. The Labute approximate surface area is 145 Å². The first-order chi connectivity index (χ1) is 10.9. The number of rotatable bonds is 2. The Hall–Kier alpha value is -2.18. The molecule has 0 spiro atoms. The molecule has 2 aromatic heterocycles. The first kappa shape index (κ1) is 15.7. The van der Waals surface area contributed by atoms with Crippen LogP contribution in [0.15, 0.2) is 52.4 Å². The quantitative estimate of drug-likeness (QED) is 0.667. The Balaban J connectivity index is 2.35. The number of benzene rings is 1. The SMILES string of the molecule is C=C(C)n1c(=O)n(C(=O)c2cccc(Cl)c2)c2cc(Br)cnc21. The molecule has 0 N–H and O–H groups in total. The van der Waals surface area contributed by atoms with Crippen molar-refractivity contribution >= 4 is 50.3 Å². The molecule has 3 aromatic rings. The van der Waals surface area contributed by atoms with E-state index in [4.69, 9.17) is 11.6 Å². The predicted molar refractivity (Wildman–Crippen MR) is 93.9 cm³/mol. The molecular formula is C16H11BrClN3O2. The molecule has 0 saturated carbocycles. The minimum atomic E-state index is -0.511. The van der Waals surface area contributed by atoms with Gasteiger partial charge in [0.25, 0.3) is 5.91 Å². The Bertz CT molecular complexity index is 1020. The predicted octanol–water partition coefficient (Wildman–Crippen LogP) is 3.79. The summed E-state index contributed by atoms with van der Waals surface area (Å²) in [5.41, 5.74) is 1.06. The summed E-state index contributed by atoms with van der Waals surface area (Å²) in [7, 11) is 0. The molecule has 0 atom stereocenters. The van der Waals surface area contributed by atoms with Gasteiger partial charge in [0.15, 0.2) is 5.65 Å². The first-order valence-corrected chi connectivity index (χ1v) is 7.82. The third kappa shape index (κ3) is 2.64. The summed E-state index contributed by atoms with van der Waals surface area (Å²) in [6.45, 7) is 5.46. The van der Waals surface area contributed by atoms with Crippen molar-refractivity contribution in [3.63, 3.8) is 0 Å². The van der Waals surface area contributed by atoms with E-state index < -0.39 is 11.6 Å². The maximum Gasteiger partial charge on any atom is 0.341 e. The van der Waals surface area contributed by atoms with E-state index in [9.17, 15) is 9.59 Å². The van der Waals surface area contributed by atoms with Crippen LogP contribution < -0.4 is 5.69 Å². The van der Waals surface area contributed by atoms with Gasteiger partial charge in [0.05, 0.1) is 5.52 Å². The van der Waals surface area contributed by atoms with Gasteiger partial charge in [-0.15, -0.1) is 0 Å². The van der Waals surface area contributed by atoms with Crippen molar-refractivity contribution in [1.82, 2.24) is 14.1 Å².